The van der Waals surface area contributed by atoms with Crippen LogP contribution in [0.1, 0.15) is 25.3 Å². The molecule has 0 aromatic heterocycles. The number of thioether (sulfide) groups is 1. The van der Waals surface area contributed by atoms with Crippen molar-refractivity contribution in [3.63, 3.8) is 0 Å². The van der Waals surface area contributed by atoms with Gasteiger partial charge in [0, 0.05) is 4.91 Å². The van der Waals surface area contributed by atoms with E-state index in [0.717, 1.165) is 22.5 Å². The highest BCUT2D eigenvalue weighted by Gasteiger charge is 2.00. The number of hydrogen-bond acceptors (Lipinski definition) is 2. The van der Waals surface area contributed by atoms with E-state index < -0.39 is 0 Å². The molecule has 0 heterocycles. The Kier molecular flexibility index (Phi) is 5.86. The number of benzene rings is 1. The van der Waals surface area contributed by atoms with Gasteiger partial charge in [-0.15, -0.1) is 11.8 Å². The summed E-state index contributed by atoms with van der Waals surface area (Å²) in [5.41, 5.74) is 1.13. The topological polar surface area (TPSA) is 17.1 Å². The number of allylic oxidation sites excluding steroid dienone is 1. The normalized spacial score (nSPS) is 11.4. The lowest BCUT2D eigenvalue weighted by molar-refractivity contribution is -0.104. The molecule has 0 fully saturated rings. The van der Waals surface area contributed by atoms with E-state index in [0.29, 0.717) is 0 Å². The van der Waals surface area contributed by atoms with Gasteiger partial charge in [-0.3, -0.25) is 4.79 Å². The summed E-state index contributed by atoms with van der Waals surface area (Å²) in [5.74, 6) is 1.07. The van der Waals surface area contributed by atoms with Gasteiger partial charge in [0.1, 0.15) is 6.29 Å². The summed E-state index contributed by atoms with van der Waals surface area (Å²) in [6.07, 6.45) is 4.89. The zero-order valence-corrected chi connectivity index (χ0v) is 9.80. The molecule has 0 bridgehead atoms. The molecule has 15 heavy (non-hydrogen) atoms. The van der Waals surface area contributed by atoms with Gasteiger partial charge in [-0.25, -0.2) is 0 Å². The van der Waals surface area contributed by atoms with Gasteiger partial charge in [0.2, 0.25) is 0 Å². The van der Waals surface area contributed by atoms with E-state index >= 15 is 0 Å². The molecule has 1 aromatic carbocycles. The highest BCUT2D eigenvalue weighted by atomic mass is 32.2. The Bertz CT molecular complexity index is 317. The molecule has 80 valence electrons. The van der Waals surface area contributed by atoms with E-state index in [2.05, 4.69) is 6.92 Å². The number of aldehydes is 1. The molecule has 0 aliphatic rings. The second kappa shape index (κ2) is 7.30. The van der Waals surface area contributed by atoms with E-state index in [-0.39, 0.29) is 0 Å². The van der Waals surface area contributed by atoms with E-state index in [4.69, 9.17) is 0 Å². The van der Waals surface area contributed by atoms with Crippen molar-refractivity contribution in [1.29, 1.82) is 0 Å². The van der Waals surface area contributed by atoms with Crippen LogP contribution in [0.3, 0.4) is 0 Å². The third-order valence-electron chi connectivity index (χ3n) is 2.03. The molecule has 0 unspecified atom stereocenters. The van der Waals surface area contributed by atoms with Crippen LogP contribution in [0.15, 0.2) is 36.4 Å². The molecule has 2 heteroatoms. The van der Waals surface area contributed by atoms with Crippen molar-refractivity contribution in [2.45, 2.75) is 19.8 Å². The number of carbonyl (C=O) groups excluding carboxylic acids is 1. The Morgan fingerprint density at radius 1 is 1.33 bits per heavy atom. The summed E-state index contributed by atoms with van der Waals surface area (Å²) in [6.45, 7) is 2.17. The second-order valence-electron chi connectivity index (χ2n) is 3.24. The Morgan fingerprint density at radius 3 is 2.67 bits per heavy atom. The predicted molar refractivity (Wildman–Crippen MR) is 67.8 cm³/mol. The summed E-state index contributed by atoms with van der Waals surface area (Å²) in [6, 6.07) is 10.0. The molecule has 0 aliphatic carbocycles. The minimum Gasteiger partial charge on any atom is -0.299 e. The second-order valence-corrected chi connectivity index (χ2v) is 4.37. The quantitative estimate of drug-likeness (QED) is 0.412. The van der Waals surface area contributed by atoms with Crippen LogP contribution in [0.4, 0.5) is 0 Å². The Labute approximate surface area is 95.6 Å². The Morgan fingerprint density at radius 2 is 2.07 bits per heavy atom. The molecular formula is C13H16OS. The molecule has 1 aromatic rings. The van der Waals surface area contributed by atoms with E-state index in [1.54, 1.807) is 17.8 Å². The zero-order chi connectivity index (χ0) is 10.9. The van der Waals surface area contributed by atoms with Crippen LogP contribution in [0.2, 0.25) is 0 Å². The van der Waals surface area contributed by atoms with Gasteiger partial charge in [-0.2, -0.15) is 0 Å². The monoisotopic (exact) mass is 220 g/mol. The largest absolute Gasteiger partial charge is 0.299 e. The fraction of sp³-hybridized carbons (Fsp3) is 0.308. The third kappa shape index (κ3) is 4.34. The number of carbonyl (C=O) groups is 1. The van der Waals surface area contributed by atoms with Gasteiger partial charge < -0.3 is 0 Å². The number of unbranched alkanes of at least 4 members (excludes halogenated alkanes) is 1. The summed E-state index contributed by atoms with van der Waals surface area (Å²) in [4.78, 5) is 11.6. The smallest absolute Gasteiger partial charge is 0.143 e. The predicted octanol–water partition coefficient (Wildman–Crippen LogP) is 3.76. The standard InChI is InChI=1S/C13H16OS/c1-2-3-11-15-13(9-10-14)12-7-5-4-6-8-12/h4-10H,2-3,11H2,1H3/b13-9-. The molecule has 1 rings (SSSR count). The molecule has 0 amide bonds. The first kappa shape index (κ1) is 12.1. The minimum atomic E-state index is 0.862. The first-order valence-electron chi connectivity index (χ1n) is 5.22. The maximum absolute atomic E-state index is 10.5. The van der Waals surface area contributed by atoms with Crippen molar-refractivity contribution in [1.82, 2.24) is 0 Å². The molecular weight excluding hydrogens is 204 g/mol. The van der Waals surface area contributed by atoms with Gasteiger partial charge >= 0.3 is 0 Å². The van der Waals surface area contributed by atoms with Crippen molar-refractivity contribution >= 4 is 23.0 Å². The highest BCUT2D eigenvalue weighted by Crippen LogP contribution is 2.27. The fourth-order valence-corrected chi connectivity index (χ4v) is 2.33. The van der Waals surface area contributed by atoms with Crippen LogP contribution < -0.4 is 0 Å². The summed E-state index contributed by atoms with van der Waals surface area (Å²) in [7, 11) is 0. The molecule has 0 N–H and O–H groups in total. The van der Waals surface area contributed by atoms with Gasteiger partial charge in [-0.1, -0.05) is 43.7 Å². The van der Waals surface area contributed by atoms with E-state index in [1.807, 2.05) is 30.3 Å². The molecule has 0 aliphatic heterocycles. The van der Waals surface area contributed by atoms with Crippen molar-refractivity contribution in [2.24, 2.45) is 0 Å². The van der Waals surface area contributed by atoms with Crippen molar-refractivity contribution in [2.75, 3.05) is 5.75 Å². The fourth-order valence-electron chi connectivity index (χ4n) is 1.22. The molecule has 0 saturated heterocycles. The first-order chi connectivity index (χ1) is 7.38. The van der Waals surface area contributed by atoms with Crippen LogP contribution in [-0.2, 0) is 4.79 Å². The maximum atomic E-state index is 10.5. The van der Waals surface area contributed by atoms with Gasteiger partial charge in [-0.05, 0) is 23.8 Å². The molecule has 0 atom stereocenters. The average Bonchev–Trinajstić information content (AvgIpc) is 2.29. The SMILES string of the molecule is CCCCS/C(=C\C=O)c1ccccc1. The van der Waals surface area contributed by atoms with Gasteiger partial charge in [0.15, 0.2) is 0 Å². The number of hydrogen-bond donors (Lipinski definition) is 0. The maximum Gasteiger partial charge on any atom is 0.143 e. The summed E-state index contributed by atoms with van der Waals surface area (Å²) >= 11 is 1.75. The van der Waals surface area contributed by atoms with Crippen molar-refractivity contribution in [3.05, 3.63) is 42.0 Å². The Hall–Kier alpha value is -1.02. The van der Waals surface area contributed by atoms with E-state index in [9.17, 15) is 4.79 Å². The van der Waals surface area contributed by atoms with Crippen LogP contribution in [0.5, 0.6) is 0 Å². The molecule has 0 radical (unpaired) electrons. The molecule has 0 saturated carbocycles. The molecule has 0 spiro atoms. The molecule has 1 nitrogen and oxygen atoms in total. The lowest BCUT2D eigenvalue weighted by Gasteiger charge is -2.05. The summed E-state index contributed by atoms with van der Waals surface area (Å²) < 4.78 is 0. The van der Waals surface area contributed by atoms with Crippen LogP contribution in [0, 0.1) is 0 Å². The zero-order valence-electron chi connectivity index (χ0n) is 8.98. The van der Waals surface area contributed by atoms with Crippen LogP contribution in [0.25, 0.3) is 4.91 Å². The number of rotatable bonds is 6. The van der Waals surface area contributed by atoms with Crippen molar-refractivity contribution < 1.29 is 4.79 Å². The third-order valence-corrected chi connectivity index (χ3v) is 3.21. The van der Waals surface area contributed by atoms with Crippen LogP contribution >= 0.6 is 11.8 Å². The van der Waals surface area contributed by atoms with Gasteiger partial charge in [0.25, 0.3) is 0 Å². The summed E-state index contributed by atoms with van der Waals surface area (Å²) in [5, 5.41) is 0. The lowest BCUT2D eigenvalue weighted by Crippen LogP contribution is -1.83. The van der Waals surface area contributed by atoms with E-state index in [1.165, 1.54) is 12.8 Å². The Balaban J connectivity index is 2.67. The first-order valence-corrected chi connectivity index (χ1v) is 6.20. The highest BCUT2D eigenvalue weighted by molar-refractivity contribution is 8.08. The average molecular weight is 220 g/mol. The van der Waals surface area contributed by atoms with Crippen LogP contribution in [-0.4, -0.2) is 12.0 Å². The lowest BCUT2D eigenvalue weighted by atomic mass is 10.2. The van der Waals surface area contributed by atoms with Gasteiger partial charge in [0.05, 0.1) is 0 Å². The minimum absolute atomic E-state index is 0.862. The van der Waals surface area contributed by atoms with Crippen molar-refractivity contribution in [3.8, 4) is 0 Å².